The van der Waals surface area contributed by atoms with Crippen LogP contribution >= 0.6 is 11.8 Å². The first kappa shape index (κ1) is 37.9. The minimum Gasteiger partial charge on any atom is -0.508 e. The molecule has 0 aliphatic carbocycles. The summed E-state index contributed by atoms with van der Waals surface area (Å²) in [4.78, 5) is 68.9. The molecule has 3 amide bonds. The van der Waals surface area contributed by atoms with Crippen molar-refractivity contribution in [1.29, 1.82) is 0 Å². The zero-order chi connectivity index (χ0) is 34.9. The van der Waals surface area contributed by atoms with Crippen molar-refractivity contribution in [2.24, 2.45) is 0 Å². The Morgan fingerprint density at radius 2 is 1.81 bits per heavy atom. The van der Waals surface area contributed by atoms with Crippen LogP contribution in [-0.4, -0.2) is 56.8 Å². The topological polar surface area (TPSA) is 164 Å². The number of hydrogen-bond acceptors (Lipinski definition) is 9. The number of ether oxygens (including phenoxy) is 1. The van der Waals surface area contributed by atoms with Gasteiger partial charge < -0.3 is 25.8 Å². The summed E-state index contributed by atoms with van der Waals surface area (Å²) < 4.78 is 20.3. The van der Waals surface area contributed by atoms with E-state index in [-0.39, 0.29) is 41.6 Å². The van der Waals surface area contributed by atoms with E-state index in [4.69, 9.17) is 4.74 Å². The maximum absolute atomic E-state index is 14.6. The Balaban J connectivity index is 1.80. The van der Waals surface area contributed by atoms with Crippen molar-refractivity contribution in [2.45, 2.75) is 90.3 Å². The number of unbranched alkanes of at least 4 members (excludes halogenated alkanes) is 4. The first-order chi connectivity index (χ1) is 23.1. The van der Waals surface area contributed by atoms with E-state index >= 15 is 0 Å². The molecule has 258 valence electrons. The number of thioether (sulfide) groups is 1. The predicted molar refractivity (Wildman–Crippen MR) is 180 cm³/mol. The van der Waals surface area contributed by atoms with Crippen LogP contribution in [0.15, 0.2) is 60.3 Å². The lowest BCUT2D eigenvalue weighted by Crippen LogP contribution is -2.47. The van der Waals surface area contributed by atoms with Gasteiger partial charge in [-0.2, -0.15) is 0 Å². The summed E-state index contributed by atoms with van der Waals surface area (Å²) >= 11 is 1.24. The zero-order valence-electron chi connectivity index (χ0n) is 27.3. The largest absolute Gasteiger partial charge is 0.508 e. The number of aromatic nitrogens is 1. The maximum atomic E-state index is 14.6. The molecular weight excluding hydrogens is 639 g/mol. The number of fused-ring (bicyclic) bond motifs is 2. The molecule has 1 aliphatic heterocycles. The zero-order valence-corrected chi connectivity index (χ0v) is 28.1. The van der Waals surface area contributed by atoms with Gasteiger partial charge in [-0.3, -0.25) is 19.2 Å². The molecule has 0 saturated carbocycles. The van der Waals surface area contributed by atoms with Gasteiger partial charge in [0, 0.05) is 18.6 Å². The van der Waals surface area contributed by atoms with Gasteiger partial charge in [-0.25, -0.2) is 14.2 Å². The number of amides is 3. The monoisotopic (exact) mass is 682 g/mol. The summed E-state index contributed by atoms with van der Waals surface area (Å²) in [5.41, 5.74) is -0.0521. The smallest absolute Gasteiger partial charge is 0.329 e. The van der Waals surface area contributed by atoms with Gasteiger partial charge in [0.2, 0.25) is 5.91 Å². The van der Waals surface area contributed by atoms with Gasteiger partial charge in [-0.1, -0.05) is 68.7 Å². The average Bonchev–Trinajstić information content (AvgIpc) is 3.06. The predicted octanol–water partition coefficient (Wildman–Crippen LogP) is 4.79. The molecule has 2 bridgehead atoms. The Bertz CT molecular complexity index is 1500. The summed E-state index contributed by atoms with van der Waals surface area (Å²) in [6, 6.07) is 7.08. The van der Waals surface area contributed by atoms with Gasteiger partial charge >= 0.3 is 5.97 Å². The van der Waals surface area contributed by atoms with E-state index in [2.05, 4.69) is 27.9 Å². The van der Waals surface area contributed by atoms with E-state index in [0.717, 1.165) is 31.7 Å². The van der Waals surface area contributed by atoms with Crippen molar-refractivity contribution in [3.63, 3.8) is 0 Å². The Morgan fingerprint density at radius 1 is 1.06 bits per heavy atom. The number of esters is 1. The number of hydrogen-bond donors (Lipinski definition) is 4. The van der Waals surface area contributed by atoms with E-state index in [1.165, 1.54) is 49.4 Å². The number of aromatic hydroxyl groups is 1. The van der Waals surface area contributed by atoms with Gasteiger partial charge in [0.15, 0.2) is 16.6 Å². The second kappa shape index (κ2) is 20.0. The number of rotatable bonds is 12. The normalized spacial score (nSPS) is 18.7. The SMILES string of the molecule is C/C=C1\NC(=O)c2nc(ccc2F)CNC(=O)C[C@@H](/C=C/CCSC(=O)CCCCCCC)OC(=O)[C@H](Cc2ccc(O)cc2)NC1=O. The molecule has 0 saturated heterocycles. The fourth-order valence-electron chi connectivity index (χ4n) is 4.74. The van der Waals surface area contributed by atoms with Gasteiger partial charge in [-0.05, 0) is 55.7 Å². The first-order valence-electron chi connectivity index (χ1n) is 16.1. The highest BCUT2D eigenvalue weighted by Gasteiger charge is 2.28. The molecule has 0 fully saturated rings. The van der Waals surface area contributed by atoms with Gasteiger partial charge in [0.25, 0.3) is 11.8 Å². The summed E-state index contributed by atoms with van der Waals surface area (Å²) in [7, 11) is 0. The third-order valence-corrected chi connectivity index (χ3v) is 8.34. The first-order valence-corrected chi connectivity index (χ1v) is 17.1. The summed E-state index contributed by atoms with van der Waals surface area (Å²) in [5.74, 6) is -3.59. The number of nitrogens with one attached hydrogen (secondary N) is 3. The maximum Gasteiger partial charge on any atom is 0.329 e. The van der Waals surface area contributed by atoms with Gasteiger partial charge in [0.1, 0.15) is 23.6 Å². The molecule has 11 nitrogen and oxygen atoms in total. The Kier molecular flexibility index (Phi) is 15.8. The number of benzene rings is 1. The van der Waals surface area contributed by atoms with E-state index in [9.17, 15) is 33.5 Å². The molecule has 3 rings (SSSR count). The molecule has 4 N–H and O–H groups in total. The van der Waals surface area contributed by atoms with Crippen molar-refractivity contribution >= 4 is 40.6 Å². The number of phenolic OH excluding ortho intramolecular Hbond substituents is 1. The molecule has 0 radical (unpaired) electrons. The lowest BCUT2D eigenvalue weighted by molar-refractivity contribution is -0.151. The Morgan fingerprint density at radius 3 is 2.54 bits per heavy atom. The molecule has 2 heterocycles. The third kappa shape index (κ3) is 12.9. The Labute approximate surface area is 284 Å². The number of phenols is 1. The van der Waals surface area contributed by atoms with Crippen molar-refractivity contribution in [3.05, 3.63) is 83.1 Å². The van der Waals surface area contributed by atoms with Crippen molar-refractivity contribution in [2.75, 3.05) is 5.75 Å². The van der Waals surface area contributed by atoms with Crippen LogP contribution in [0.1, 0.15) is 87.0 Å². The van der Waals surface area contributed by atoms with Crippen LogP contribution in [0.4, 0.5) is 4.39 Å². The lowest BCUT2D eigenvalue weighted by Gasteiger charge is -2.22. The number of pyridine rings is 1. The third-order valence-electron chi connectivity index (χ3n) is 7.37. The fraction of sp³-hybridized carbons (Fsp3) is 0.429. The van der Waals surface area contributed by atoms with Gasteiger partial charge in [0.05, 0.1) is 18.7 Å². The highest BCUT2D eigenvalue weighted by atomic mass is 32.2. The molecule has 0 spiro atoms. The molecular formula is C35H43FN4O7S. The number of halogens is 1. The van der Waals surface area contributed by atoms with Gasteiger partial charge in [-0.15, -0.1) is 0 Å². The number of carbonyl (C=O) groups is 5. The summed E-state index contributed by atoms with van der Waals surface area (Å²) in [5, 5.41) is 17.4. The molecule has 1 aromatic carbocycles. The highest BCUT2D eigenvalue weighted by molar-refractivity contribution is 8.13. The minimum absolute atomic E-state index is 0.00947. The summed E-state index contributed by atoms with van der Waals surface area (Å²) in [6.45, 7) is 3.49. The van der Waals surface area contributed by atoms with Crippen LogP contribution in [0.5, 0.6) is 5.75 Å². The minimum atomic E-state index is -1.27. The lowest BCUT2D eigenvalue weighted by atomic mass is 10.1. The molecule has 2 aromatic rings. The van der Waals surface area contributed by atoms with E-state index < -0.39 is 47.3 Å². The van der Waals surface area contributed by atoms with Crippen LogP contribution in [0.25, 0.3) is 0 Å². The molecule has 13 heteroatoms. The van der Waals surface area contributed by atoms with Crippen LogP contribution in [0.2, 0.25) is 0 Å². The molecule has 0 unspecified atom stereocenters. The Hall–Kier alpha value is -4.52. The van der Waals surface area contributed by atoms with Crippen molar-refractivity contribution in [1.82, 2.24) is 20.9 Å². The number of cyclic esters (lactones) is 1. The quantitative estimate of drug-likeness (QED) is 0.107. The van der Waals surface area contributed by atoms with E-state index in [0.29, 0.717) is 24.2 Å². The standard InChI is InChI=1S/C35H43FN4O7S/c1-3-5-6-7-8-12-31(43)48-19-10-9-11-26-21-30(42)37-22-24-15-18-27(36)32(38-24)34(45)39-28(4-2)33(44)40-29(35(46)47-26)20-23-13-16-25(41)17-14-23/h4,9,11,13-18,26,29,41H,3,5-8,10,12,19-22H2,1-2H3,(H,37,42)(H,39,45)(H,40,44)/b11-9+,28-4-/t26-,29+/m1/s1. The van der Waals surface area contributed by atoms with Crippen LogP contribution < -0.4 is 16.0 Å². The number of allylic oxidation sites excluding steroid dienone is 2. The molecule has 1 aliphatic rings. The summed E-state index contributed by atoms with van der Waals surface area (Å²) in [6.07, 6.45) is 9.60. The number of carbonyl (C=O) groups excluding carboxylic acids is 5. The molecule has 1 aromatic heterocycles. The second-order valence-corrected chi connectivity index (χ2v) is 12.4. The van der Waals surface area contributed by atoms with E-state index in [1.807, 2.05) is 0 Å². The second-order valence-electron chi connectivity index (χ2n) is 11.2. The van der Waals surface area contributed by atoms with Crippen LogP contribution in [0, 0.1) is 5.82 Å². The average molecular weight is 683 g/mol. The van der Waals surface area contributed by atoms with Crippen LogP contribution in [0.3, 0.4) is 0 Å². The fourth-order valence-corrected chi connectivity index (χ4v) is 5.51. The van der Waals surface area contributed by atoms with Crippen molar-refractivity contribution < 1.29 is 38.2 Å². The van der Waals surface area contributed by atoms with E-state index in [1.54, 1.807) is 24.3 Å². The molecule has 48 heavy (non-hydrogen) atoms. The van der Waals surface area contributed by atoms with Crippen molar-refractivity contribution in [3.8, 4) is 5.75 Å². The molecule has 2 atom stereocenters. The highest BCUT2D eigenvalue weighted by Crippen LogP contribution is 2.16. The van der Waals surface area contributed by atoms with Crippen LogP contribution in [-0.2, 0) is 36.9 Å². The number of nitrogens with zero attached hydrogens (tertiary/aromatic N) is 1.